The minimum Gasteiger partial charge on any atom is -0.371 e. The van der Waals surface area contributed by atoms with Gasteiger partial charge in [-0.1, -0.05) is 39.7 Å². The van der Waals surface area contributed by atoms with E-state index in [1.807, 2.05) is 18.2 Å². The van der Waals surface area contributed by atoms with Crippen molar-refractivity contribution in [2.75, 3.05) is 19.7 Å². The van der Waals surface area contributed by atoms with Crippen LogP contribution in [0.5, 0.6) is 0 Å². The van der Waals surface area contributed by atoms with Crippen LogP contribution in [0.25, 0.3) is 0 Å². The third kappa shape index (κ3) is 3.83. The van der Waals surface area contributed by atoms with Gasteiger partial charge in [-0.3, -0.25) is 9.88 Å². The van der Waals surface area contributed by atoms with Gasteiger partial charge in [0, 0.05) is 36.5 Å². The molecule has 3 rings (SSSR count). The van der Waals surface area contributed by atoms with Crippen molar-refractivity contribution in [1.82, 2.24) is 9.88 Å². The molecule has 1 aromatic carbocycles. The van der Waals surface area contributed by atoms with Crippen LogP contribution in [0, 0.1) is 0 Å². The van der Waals surface area contributed by atoms with Crippen molar-refractivity contribution in [3.63, 3.8) is 0 Å². The predicted octanol–water partition coefficient (Wildman–Crippen LogP) is 4.07. The van der Waals surface area contributed by atoms with E-state index in [1.165, 1.54) is 5.56 Å². The SMILES string of the molecule is Clc1cnccc1CN1CCOC(c2cccc(Br)c2)C1. The third-order valence-electron chi connectivity index (χ3n) is 3.62. The zero-order chi connectivity index (χ0) is 14.7. The van der Waals surface area contributed by atoms with Gasteiger partial charge in [-0.2, -0.15) is 0 Å². The van der Waals surface area contributed by atoms with E-state index in [9.17, 15) is 0 Å². The molecule has 1 fully saturated rings. The minimum atomic E-state index is 0.108. The van der Waals surface area contributed by atoms with Crippen molar-refractivity contribution >= 4 is 27.5 Å². The Morgan fingerprint density at radius 2 is 2.29 bits per heavy atom. The van der Waals surface area contributed by atoms with Crippen molar-refractivity contribution in [2.24, 2.45) is 0 Å². The van der Waals surface area contributed by atoms with Gasteiger partial charge in [0.2, 0.25) is 0 Å². The molecule has 2 heterocycles. The Balaban J connectivity index is 1.70. The lowest BCUT2D eigenvalue weighted by Gasteiger charge is -2.33. The summed E-state index contributed by atoms with van der Waals surface area (Å²) in [6, 6.07) is 10.3. The molecule has 1 unspecified atom stereocenters. The molecule has 5 heteroatoms. The van der Waals surface area contributed by atoms with Crippen LogP contribution in [-0.2, 0) is 11.3 Å². The van der Waals surface area contributed by atoms with E-state index < -0.39 is 0 Å². The maximum absolute atomic E-state index is 6.19. The van der Waals surface area contributed by atoms with Crippen LogP contribution in [-0.4, -0.2) is 29.6 Å². The second-order valence-electron chi connectivity index (χ2n) is 5.12. The Bertz CT molecular complexity index is 623. The Morgan fingerprint density at radius 3 is 3.10 bits per heavy atom. The van der Waals surface area contributed by atoms with E-state index >= 15 is 0 Å². The standard InChI is InChI=1S/C16H16BrClN2O/c17-14-3-1-2-12(8-14)16-11-20(6-7-21-16)10-13-4-5-19-9-15(13)18/h1-5,8-9,16H,6-7,10-11H2. The molecule has 0 spiro atoms. The first-order valence-electron chi connectivity index (χ1n) is 6.90. The van der Waals surface area contributed by atoms with Gasteiger partial charge in [0.1, 0.15) is 0 Å². The first kappa shape index (κ1) is 15.0. The highest BCUT2D eigenvalue weighted by atomic mass is 79.9. The Hall–Kier alpha value is -0.940. The molecule has 110 valence electrons. The fourth-order valence-electron chi connectivity index (χ4n) is 2.53. The lowest BCUT2D eigenvalue weighted by atomic mass is 10.1. The van der Waals surface area contributed by atoms with Crippen molar-refractivity contribution in [3.05, 3.63) is 63.3 Å². The average Bonchev–Trinajstić information content (AvgIpc) is 2.50. The summed E-state index contributed by atoms with van der Waals surface area (Å²) >= 11 is 9.70. The lowest BCUT2D eigenvalue weighted by molar-refractivity contribution is -0.0329. The molecule has 1 aliphatic heterocycles. The quantitative estimate of drug-likeness (QED) is 0.817. The molecule has 0 bridgehead atoms. The summed E-state index contributed by atoms with van der Waals surface area (Å²) < 4.78 is 6.99. The van der Waals surface area contributed by atoms with E-state index in [2.05, 4.69) is 37.9 Å². The highest BCUT2D eigenvalue weighted by Crippen LogP contribution is 2.26. The van der Waals surface area contributed by atoms with Crippen LogP contribution in [0.15, 0.2) is 47.2 Å². The maximum atomic E-state index is 6.19. The summed E-state index contributed by atoms with van der Waals surface area (Å²) in [5.74, 6) is 0. The number of rotatable bonds is 3. The molecule has 0 aliphatic carbocycles. The number of ether oxygens (including phenoxy) is 1. The predicted molar refractivity (Wildman–Crippen MR) is 87.4 cm³/mol. The van der Waals surface area contributed by atoms with Crippen molar-refractivity contribution in [2.45, 2.75) is 12.6 Å². The lowest BCUT2D eigenvalue weighted by Crippen LogP contribution is -2.37. The number of hydrogen-bond donors (Lipinski definition) is 0. The fraction of sp³-hybridized carbons (Fsp3) is 0.312. The van der Waals surface area contributed by atoms with Gasteiger partial charge in [0.25, 0.3) is 0 Å². The van der Waals surface area contributed by atoms with Gasteiger partial charge in [-0.15, -0.1) is 0 Å². The van der Waals surface area contributed by atoms with Gasteiger partial charge in [-0.05, 0) is 29.3 Å². The summed E-state index contributed by atoms with van der Waals surface area (Å²) in [5.41, 5.74) is 2.32. The van der Waals surface area contributed by atoms with E-state index in [0.717, 1.165) is 41.3 Å². The number of halogens is 2. The molecular formula is C16H16BrClN2O. The van der Waals surface area contributed by atoms with Gasteiger partial charge in [0.15, 0.2) is 0 Å². The van der Waals surface area contributed by atoms with E-state index in [0.29, 0.717) is 0 Å². The van der Waals surface area contributed by atoms with Crippen LogP contribution in [0.2, 0.25) is 5.02 Å². The zero-order valence-electron chi connectivity index (χ0n) is 11.5. The number of nitrogens with zero attached hydrogens (tertiary/aromatic N) is 2. The monoisotopic (exact) mass is 366 g/mol. The molecule has 0 radical (unpaired) electrons. The smallest absolute Gasteiger partial charge is 0.0952 e. The van der Waals surface area contributed by atoms with Gasteiger partial charge in [0.05, 0.1) is 17.7 Å². The van der Waals surface area contributed by atoms with Gasteiger partial charge < -0.3 is 4.74 Å². The molecule has 2 aromatic rings. The Morgan fingerprint density at radius 1 is 1.38 bits per heavy atom. The molecule has 1 atom stereocenters. The normalized spacial score (nSPS) is 19.6. The van der Waals surface area contributed by atoms with Gasteiger partial charge >= 0.3 is 0 Å². The van der Waals surface area contributed by atoms with Crippen LogP contribution >= 0.6 is 27.5 Å². The van der Waals surface area contributed by atoms with Crippen LogP contribution < -0.4 is 0 Å². The molecule has 1 aromatic heterocycles. The third-order valence-corrected chi connectivity index (χ3v) is 4.45. The van der Waals surface area contributed by atoms with Gasteiger partial charge in [-0.25, -0.2) is 0 Å². The van der Waals surface area contributed by atoms with Crippen molar-refractivity contribution < 1.29 is 4.74 Å². The second kappa shape index (κ2) is 6.88. The molecular weight excluding hydrogens is 352 g/mol. The Kier molecular flexibility index (Phi) is 4.91. The molecule has 1 saturated heterocycles. The first-order chi connectivity index (χ1) is 10.2. The largest absolute Gasteiger partial charge is 0.371 e. The summed E-state index contributed by atoms with van der Waals surface area (Å²) in [7, 11) is 0. The second-order valence-corrected chi connectivity index (χ2v) is 6.44. The molecule has 0 amide bonds. The van der Waals surface area contributed by atoms with Crippen LogP contribution in [0.3, 0.4) is 0 Å². The molecule has 0 saturated carbocycles. The number of hydrogen-bond acceptors (Lipinski definition) is 3. The fourth-order valence-corrected chi connectivity index (χ4v) is 3.12. The minimum absolute atomic E-state index is 0.108. The Labute approximate surface area is 138 Å². The average molecular weight is 368 g/mol. The van der Waals surface area contributed by atoms with Crippen molar-refractivity contribution in [1.29, 1.82) is 0 Å². The molecule has 1 aliphatic rings. The van der Waals surface area contributed by atoms with E-state index in [1.54, 1.807) is 12.4 Å². The van der Waals surface area contributed by atoms with Crippen LogP contribution in [0.1, 0.15) is 17.2 Å². The number of aromatic nitrogens is 1. The molecule has 0 N–H and O–H groups in total. The first-order valence-corrected chi connectivity index (χ1v) is 8.07. The molecule has 3 nitrogen and oxygen atoms in total. The number of benzene rings is 1. The van der Waals surface area contributed by atoms with E-state index in [4.69, 9.17) is 16.3 Å². The van der Waals surface area contributed by atoms with E-state index in [-0.39, 0.29) is 6.10 Å². The highest BCUT2D eigenvalue weighted by molar-refractivity contribution is 9.10. The van der Waals surface area contributed by atoms with Crippen molar-refractivity contribution in [3.8, 4) is 0 Å². The summed E-state index contributed by atoms with van der Waals surface area (Å²) in [6.07, 6.45) is 3.59. The maximum Gasteiger partial charge on any atom is 0.0952 e. The zero-order valence-corrected chi connectivity index (χ0v) is 13.8. The summed E-state index contributed by atoms with van der Waals surface area (Å²) in [5, 5.41) is 0.725. The summed E-state index contributed by atoms with van der Waals surface area (Å²) in [6.45, 7) is 3.35. The molecule has 21 heavy (non-hydrogen) atoms. The van der Waals surface area contributed by atoms with Crippen LogP contribution in [0.4, 0.5) is 0 Å². The summed E-state index contributed by atoms with van der Waals surface area (Å²) in [4.78, 5) is 6.40. The highest BCUT2D eigenvalue weighted by Gasteiger charge is 2.22. The number of morpholine rings is 1. The topological polar surface area (TPSA) is 25.4 Å². The number of pyridine rings is 1.